The van der Waals surface area contributed by atoms with E-state index in [9.17, 15) is 14.0 Å². The number of benzene rings is 1. The summed E-state index contributed by atoms with van der Waals surface area (Å²) in [6, 6.07) is 3.93. The van der Waals surface area contributed by atoms with Gasteiger partial charge in [0, 0.05) is 12.7 Å². The summed E-state index contributed by atoms with van der Waals surface area (Å²) in [5.74, 6) is -0.599. The molecule has 0 radical (unpaired) electrons. The Hall–Kier alpha value is -1.08. The maximum Gasteiger partial charge on any atom is 0.326 e. The van der Waals surface area contributed by atoms with E-state index in [0.29, 0.717) is 22.4 Å². The summed E-state index contributed by atoms with van der Waals surface area (Å²) in [6.45, 7) is 1.28. The third-order valence-electron chi connectivity index (χ3n) is 2.52. The Morgan fingerprint density at radius 1 is 1.50 bits per heavy atom. The van der Waals surface area contributed by atoms with Crippen LogP contribution in [0, 0.1) is 5.82 Å². The average Bonchev–Trinajstić information content (AvgIpc) is 2.37. The van der Waals surface area contributed by atoms with Crippen LogP contribution in [0.1, 0.15) is 18.9 Å². The number of nitrogens with one attached hydrogen (secondary N) is 1. The number of amides is 1. The number of thioether (sulfide) groups is 1. The van der Waals surface area contributed by atoms with Gasteiger partial charge in [-0.3, -0.25) is 4.79 Å². The zero-order valence-corrected chi connectivity index (χ0v) is 13.3. The average molecular weight is 364 g/mol. The van der Waals surface area contributed by atoms with E-state index in [4.69, 9.17) is 5.11 Å². The van der Waals surface area contributed by atoms with E-state index in [1.54, 1.807) is 6.07 Å². The van der Waals surface area contributed by atoms with Crippen LogP contribution in [0.2, 0.25) is 0 Å². The molecule has 0 bridgehead atoms. The molecule has 1 atom stereocenters. The third-order valence-corrected chi connectivity index (χ3v) is 4.44. The molecule has 1 amide bonds. The van der Waals surface area contributed by atoms with Crippen molar-refractivity contribution in [3.8, 4) is 0 Å². The van der Waals surface area contributed by atoms with Gasteiger partial charge >= 0.3 is 5.97 Å². The van der Waals surface area contributed by atoms with Crippen LogP contribution in [0.15, 0.2) is 22.7 Å². The molecule has 0 saturated carbocycles. The first-order valence-corrected chi connectivity index (χ1v) is 7.87. The molecular weight excluding hydrogens is 349 g/mol. The second kappa shape index (κ2) is 8.26. The van der Waals surface area contributed by atoms with Crippen molar-refractivity contribution in [3.05, 3.63) is 34.1 Å². The molecular formula is C13H15BrFNO3S. The summed E-state index contributed by atoms with van der Waals surface area (Å²) in [7, 11) is 0. The largest absolute Gasteiger partial charge is 0.480 e. The summed E-state index contributed by atoms with van der Waals surface area (Å²) in [4.78, 5) is 21.8. The molecule has 1 aromatic rings. The summed E-state index contributed by atoms with van der Waals surface area (Å²) < 4.78 is 13.7. The van der Waals surface area contributed by atoms with Crippen molar-refractivity contribution in [2.45, 2.75) is 25.1 Å². The molecule has 2 N–H and O–H groups in total. The molecule has 7 heteroatoms. The van der Waals surface area contributed by atoms with Crippen molar-refractivity contribution >= 4 is 39.6 Å². The van der Waals surface area contributed by atoms with E-state index in [2.05, 4.69) is 21.2 Å². The predicted molar refractivity (Wildman–Crippen MR) is 80.1 cm³/mol. The molecule has 0 aliphatic carbocycles. The molecule has 1 unspecified atom stereocenters. The Morgan fingerprint density at radius 2 is 2.20 bits per heavy atom. The van der Waals surface area contributed by atoms with Crippen LogP contribution >= 0.6 is 27.7 Å². The van der Waals surface area contributed by atoms with Gasteiger partial charge in [-0.05, 0) is 39.7 Å². The van der Waals surface area contributed by atoms with E-state index in [1.165, 1.54) is 24.8 Å². The monoisotopic (exact) mass is 363 g/mol. The van der Waals surface area contributed by atoms with Crippen molar-refractivity contribution in [3.63, 3.8) is 0 Å². The first-order valence-electron chi connectivity index (χ1n) is 5.92. The van der Waals surface area contributed by atoms with Crippen molar-refractivity contribution < 1.29 is 19.1 Å². The Balaban J connectivity index is 2.42. The van der Waals surface area contributed by atoms with Crippen LogP contribution in [-0.2, 0) is 15.3 Å². The van der Waals surface area contributed by atoms with Crippen LogP contribution in [-0.4, -0.2) is 28.8 Å². The second-order valence-electron chi connectivity index (χ2n) is 4.15. The van der Waals surface area contributed by atoms with Gasteiger partial charge in [0.1, 0.15) is 11.9 Å². The van der Waals surface area contributed by atoms with Crippen molar-refractivity contribution in [1.29, 1.82) is 0 Å². The van der Waals surface area contributed by atoms with Crippen LogP contribution in [0.25, 0.3) is 0 Å². The molecule has 0 heterocycles. The topological polar surface area (TPSA) is 66.4 Å². The van der Waals surface area contributed by atoms with E-state index in [-0.39, 0.29) is 11.7 Å². The SMILES string of the molecule is CC(=O)NC(CCSCc1cccc(F)c1Br)C(=O)O. The molecule has 0 aromatic heterocycles. The van der Waals surface area contributed by atoms with Crippen molar-refractivity contribution in [2.75, 3.05) is 5.75 Å². The Bertz CT molecular complexity index is 499. The Morgan fingerprint density at radius 3 is 2.80 bits per heavy atom. The molecule has 0 spiro atoms. The fraction of sp³-hybridized carbons (Fsp3) is 0.385. The highest BCUT2D eigenvalue weighted by Crippen LogP contribution is 2.24. The van der Waals surface area contributed by atoms with Crippen LogP contribution < -0.4 is 5.32 Å². The lowest BCUT2D eigenvalue weighted by molar-refractivity contribution is -0.141. The van der Waals surface area contributed by atoms with Crippen LogP contribution in [0.3, 0.4) is 0 Å². The fourth-order valence-corrected chi connectivity index (χ4v) is 3.14. The Kier molecular flexibility index (Phi) is 7.01. The minimum atomic E-state index is -1.05. The lowest BCUT2D eigenvalue weighted by atomic mass is 10.2. The highest BCUT2D eigenvalue weighted by molar-refractivity contribution is 9.10. The maximum absolute atomic E-state index is 13.3. The summed E-state index contributed by atoms with van der Waals surface area (Å²) in [5.41, 5.74) is 0.821. The standard InChI is InChI=1S/C13H15BrFNO3S/c1-8(17)16-11(13(18)19)5-6-20-7-9-3-2-4-10(15)12(9)14/h2-4,11H,5-7H2,1H3,(H,16,17)(H,18,19). The number of carboxylic acid groups (broad SMARTS) is 1. The van der Waals surface area contributed by atoms with Crippen molar-refractivity contribution in [2.24, 2.45) is 0 Å². The predicted octanol–water partition coefficient (Wildman–Crippen LogP) is 2.80. The normalized spacial score (nSPS) is 11.9. The fourth-order valence-electron chi connectivity index (χ4n) is 1.55. The zero-order chi connectivity index (χ0) is 15.1. The van der Waals surface area contributed by atoms with E-state index >= 15 is 0 Å². The van der Waals surface area contributed by atoms with Gasteiger partial charge in [-0.25, -0.2) is 9.18 Å². The lowest BCUT2D eigenvalue weighted by Gasteiger charge is -2.12. The zero-order valence-electron chi connectivity index (χ0n) is 10.9. The van der Waals surface area contributed by atoms with Gasteiger partial charge in [-0.2, -0.15) is 11.8 Å². The smallest absolute Gasteiger partial charge is 0.326 e. The first-order chi connectivity index (χ1) is 9.41. The molecule has 0 aliphatic heterocycles. The minimum absolute atomic E-state index is 0.315. The molecule has 1 aromatic carbocycles. The molecule has 20 heavy (non-hydrogen) atoms. The molecule has 0 fully saturated rings. The number of carboxylic acids is 1. The number of halogens is 2. The van der Waals surface area contributed by atoms with Gasteiger partial charge in [-0.15, -0.1) is 0 Å². The van der Waals surface area contributed by atoms with E-state index in [1.807, 2.05) is 6.07 Å². The van der Waals surface area contributed by atoms with Gasteiger partial charge in [-0.1, -0.05) is 12.1 Å². The maximum atomic E-state index is 13.3. The van der Waals surface area contributed by atoms with Crippen LogP contribution in [0.4, 0.5) is 4.39 Å². The molecule has 1 rings (SSSR count). The molecule has 0 saturated heterocycles. The second-order valence-corrected chi connectivity index (χ2v) is 6.04. The third kappa shape index (κ3) is 5.50. The van der Waals surface area contributed by atoms with E-state index < -0.39 is 12.0 Å². The van der Waals surface area contributed by atoms with E-state index in [0.717, 1.165) is 5.56 Å². The molecule has 0 aliphatic rings. The summed E-state index contributed by atoms with van der Waals surface area (Å²) in [5, 5.41) is 11.3. The number of rotatable bonds is 7. The molecule has 110 valence electrons. The quantitative estimate of drug-likeness (QED) is 0.731. The van der Waals surface area contributed by atoms with Gasteiger partial charge in [0.2, 0.25) is 5.91 Å². The lowest BCUT2D eigenvalue weighted by Crippen LogP contribution is -2.39. The minimum Gasteiger partial charge on any atom is -0.480 e. The van der Waals surface area contributed by atoms with Gasteiger partial charge in [0.05, 0.1) is 4.47 Å². The first kappa shape index (κ1) is 17.0. The molecule has 4 nitrogen and oxygen atoms in total. The number of carbonyl (C=O) groups excluding carboxylic acids is 1. The number of aliphatic carboxylic acids is 1. The highest BCUT2D eigenvalue weighted by atomic mass is 79.9. The van der Waals surface area contributed by atoms with Gasteiger partial charge in [0.15, 0.2) is 0 Å². The van der Waals surface area contributed by atoms with Crippen molar-refractivity contribution in [1.82, 2.24) is 5.32 Å². The number of carbonyl (C=O) groups is 2. The number of hydrogen-bond acceptors (Lipinski definition) is 3. The van der Waals surface area contributed by atoms with Crippen LogP contribution in [0.5, 0.6) is 0 Å². The Labute approximate surface area is 129 Å². The van der Waals surface area contributed by atoms with Gasteiger partial charge in [0.25, 0.3) is 0 Å². The van der Waals surface area contributed by atoms with Gasteiger partial charge < -0.3 is 10.4 Å². The summed E-state index contributed by atoms with van der Waals surface area (Å²) >= 11 is 4.67. The number of hydrogen-bond donors (Lipinski definition) is 2. The highest BCUT2D eigenvalue weighted by Gasteiger charge is 2.17. The summed E-state index contributed by atoms with van der Waals surface area (Å²) in [6.07, 6.45) is 0.326.